The number of likely N-dealkylation sites (tertiary alicyclic amines) is 1. The smallest absolute Gasteiger partial charge is 0.315 e. The lowest BCUT2D eigenvalue weighted by Crippen LogP contribution is -2.45. The second kappa shape index (κ2) is 6.24. The number of hydrogen-bond acceptors (Lipinski definition) is 2. The molecule has 1 saturated heterocycles. The van der Waals surface area contributed by atoms with E-state index >= 15 is 0 Å². The van der Waals surface area contributed by atoms with Crippen molar-refractivity contribution in [1.82, 2.24) is 15.5 Å². The van der Waals surface area contributed by atoms with E-state index in [2.05, 4.69) is 22.6 Å². The van der Waals surface area contributed by atoms with Crippen molar-refractivity contribution < 1.29 is 4.79 Å². The van der Waals surface area contributed by atoms with Gasteiger partial charge < -0.3 is 15.5 Å². The van der Waals surface area contributed by atoms with Crippen LogP contribution in [-0.2, 0) is 0 Å². The van der Waals surface area contributed by atoms with Crippen LogP contribution in [-0.4, -0.2) is 43.7 Å². The van der Waals surface area contributed by atoms with Crippen LogP contribution >= 0.6 is 0 Å². The monoisotopic (exact) mass is 239 g/mol. The Morgan fingerprint density at radius 2 is 1.94 bits per heavy atom. The molecule has 4 heteroatoms. The molecule has 17 heavy (non-hydrogen) atoms. The van der Waals surface area contributed by atoms with Crippen molar-refractivity contribution in [2.45, 2.75) is 44.6 Å². The number of carbonyl (C=O) groups excluding carboxylic acids is 1. The van der Waals surface area contributed by atoms with Crippen LogP contribution < -0.4 is 10.6 Å². The zero-order valence-corrected chi connectivity index (χ0v) is 10.9. The van der Waals surface area contributed by atoms with E-state index in [1.807, 2.05) is 0 Å². The lowest BCUT2D eigenvalue weighted by atomic mass is 9.93. The van der Waals surface area contributed by atoms with Gasteiger partial charge in [-0.2, -0.15) is 0 Å². The molecule has 1 aliphatic heterocycles. The summed E-state index contributed by atoms with van der Waals surface area (Å²) in [6.45, 7) is 3.24. The molecule has 1 aliphatic carbocycles. The molecule has 2 N–H and O–H groups in total. The second-order valence-electron chi connectivity index (χ2n) is 5.56. The van der Waals surface area contributed by atoms with Gasteiger partial charge in [-0.15, -0.1) is 0 Å². The van der Waals surface area contributed by atoms with E-state index in [1.165, 1.54) is 32.4 Å². The number of amides is 2. The summed E-state index contributed by atoms with van der Waals surface area (Å²) in [6.07, 6.45) is 7.27. The van der Waals surface area contributed by atoms with Crippen LogP contribution in [0, 0.1) is 5.92 Å². The van der Waals surface area contributed by atoms with E-state index in [9.17, 15) is 4.79 Å². The van der Waals surface area contributed by atoms with Gasteiger partial charge in [0.15, 0.2) is 0 Å². The lowest BCUT2D eigenvalue weighted by molar-refractivity contribution is 0.207. The predicted octanol–water partition coefficient (Wildman–Crippen LogP) is 1.57. The normalized spacial score (nSPS) is 23.1. The minimum Gasteiger partial charge on any atom is -0.338 e. The van der Waals surface area contributed by atoms with Crippen molar-refractivity contribution in [3.05, 3.63) is 0 Å². The molecule has 0 bridgehead atoms. The first-order valence-electron chi connectivity index (χ1n) is 6.97. The maximum Gasteiger partial charge on any atom is 0.315 e. The molecule has 2 fully saturated rings. The molecular weight excluding hydrogens is 214 g/mol. The number of carbonyl (C=O) groups is 1. The zero-order valence-electron chi connectivity index (χ0n) is 10.9. The van der Waals surface area contributed by atoms with Crippen LogP contribution in [0.2, 0.25) is 0 Å². The topological polar surface area (TPSA) is 44.4 Å². The van der Waals surface area contributed by atoms with Crippen molar-refractivity contribution >= 4 is 6.03 Å². The Labute approximate surface area is 104 Å². The average Bonchev–Trinajstić information content (AvgIpc) is 2.26. The fourth-order valence-electron chi connectivity index (χ4n) is 2.53. The lowest BCUT2D eigenvalue weighted by Gasteiger charge is -2.29. The summed E-state index contributed by atoms with van der Waals surface area (Å²) in [5.41, 5.74) is 0. The molecule has 2 aliphatic rings. The highest BCUT2D eigenvalue weighted by atomic mass is 16.2. The minimum atomic E-state index is 0.0302. The predicted molar refractivity (Wildman–Crippen MR) is 69.0 cm³/mol. The summed E-state index contributed by atoms with van der Waals surface area (Å²) in [6, 6.07) is 0.473. The minimum absolute atomic E-state index is 0.0302. The average molecular weight is 239 g/mol. The van der Waals surface area contributed by atoms with Gasteiger partial charge in [0.1, 0.15) is 0 Å². The number of piperidine rings is 1. The van der Waals surface area contributed by atoms with E-state index in [0.717, 1.165) is 31.7 Å². The first-order chi connectivity index (χ1) is 8.24. The number of nitrogens with zero attached hydrogens (tertiary/aromatic N) is 1. The third-order valence-electron chi connectivity index (χ3n) is 4.12. The van der Waals surface area contributed by atoms with Gasteiger partial charge in [0, 0.05) is 12.6 Å². The van der Waals surface area contributed by atoms with Crippen molar-refractivity contribution in [2.75, 3.05) is 26.7 Å². The summed E-state index contributed by atoms with van der Waals surface area (Å²) >= 11 is 0. The summed E-state index contributed by atoms with van der Waals surface area (Å²) in [4.78, 5) is 13.9. The second-order valence-corrected chi connectivity index (χ2v) is 5.56. The first kappa shape index (κ1) is 12.7. The molecule has 4 nitrogen and oxygen atoms in total. The molecule has 0 aromatic heterocycles. The molecule has 2 rings (SSSR count). The van der Waals surface area contributed by atoms with E-state index in [-0.39, 0.29) is 6.03 Å². The standard InChI is InChI=1S/C13H25N3O/c1-16-9-6-11(7-10-16)5-8-14-13(17)15-12-3-2-4-12/h11-12H,2-10H2,1H3,(H2,14,15,17). The maximum absolute atomic E-state index is 11.5. The van der Waals surface area contributed by atoms with Crippen LogP contribution in [0.25, 0.3) is 0 Å². The Kier molecular flexibility index (Phi) is 4.66. The van der Waals surface area contributed by atoms with Crippen LogP contribution in [0.1, 0.15) is 38.5 Å². The number of nitrogens with one attached hydrogen (secondary N) is 2. The van der Waals surface area contributed by atoms with E-state index in [0.29, 0.717) is 6.04 Å². The number of rotatable bonds is 4. The Balaban J connectivity index is 1.51. The zero-order chi connectivity index (χ0) is 12.1. The molecule has 98 valence electrons. The summed E-state index contributed by atoms with van der Waals surface area (Å²) in [7, 11) is 2.18. The Hall–Kier alpha value is -0.770. The fraction of sp³-hybridized carbons (Fsp3) is 0.923. The fourth-order valence-corrected chi connectivity index (χ4v) is 2.53. The summed E-state index contributed by atoms with van der Waals surface area (Å²) < 4.78 is 0. The number of hydrogen-bond donors (Lipinski definition) is 2. The molecule has 0 atom stereocenters. The Bertz CT molecular complexity index is 245. The van der Waals surface area contributed by atoms with Crippen molar-refractivity contribution in [3.63, 3.8) is 0 Å². The largest absolute Gasteiger partial charge is 0.338 e. The third kappa shape index (κ3) is 4.19. The molecule has 0 radical (unpaired) electrons. The summed E-state index contributed by atoms with van der Waals surface area (Å²) in [5, 5.41) is 5.98. The van der Waals surface area contributed by atoms with E-state index in [1.54, 1.807) is 0 Å². The van der Waals surface area contributed by atoms with Gasteiger partial charge in [0.25, 0.3) is 0 Å². The Morgan fingerprint density at radius 3 is 2.53 bits per heavy atom. The molecule has 1 heterocycles. The maximum atomic E-state index is 11.5. The summed E-state index contributed by atoms with van der Waals surface area (Å²) in [5.74, 6) is 0.801. The molecule has 0 unspecified atom stereocenters. The molecule has 0 aromatic carbocycles. The van der Waals surface area contributed by atoms with Crippen LogP contribution in [0.5, 0.6) is 0 Å². The molecule has 2 amide bonds. The van der Waals surface area contributed by atoms with Crippen molar-refractivity contribution in [1.29, 1.82) is 0 Å². The van der Waals surface area contributed by atoms with Crippen LogP contribution in [0.15, 0.2) is 0 Å². The van der Waals surface area contributed by atoms with Gasteiger partial charge in [0.05, 0.1) is 0 Å². The van der Waals surface area contributed by atoms with Gasteiger partial charge in [-0.3, -0.25) is 0 Å². The molecule has 1 saturated carbocycles. The first-order valence-corrected chi connectivity index (χ1v) is 6.97. The van der Waals surface area contributed by atoms with Crippen LogP contribution in [0.3, 0.4) is 0 Å². The highest BCUT2D eigenvalue weighted by Crippen LogP contribution is 2.19. The third-order valence-corrected chi connectivity index (χ3v) is 4.12. The van der Waals surface area contributed by atoms with Gasteiger partial charge >= 0.3 is 6.03 Å². The van der Waals surface area contributed by atoms with Crippen LogP contribution in [0.4, 0.5) is 4.79 Å². The Morgan fingerprint density at radius 1 is 1.24 bits per heavy atom. The quantitative estimate of drug-likeness (QED) is 0.782. The highest BCUT2D eigenvalue weighted by molar-refractivity contribution is 5.74. The molecule has 0 spiro atoms. The highest BCUT2D eigenvalue weighted by Gasteiger charge is 2.19. The molecule has 0 aromatic rings. The van der Waals surface area contributed by atoms with Gasteiger partial charge in [-0.25, -0.2) is 4.79 Å². The molecular formula is C13H25N3O. The van der Waals surface area contributed by atoms with E-state index in [4.69, 9.17) is 0 Å². The van der Waals surface area contributed by atoms with Gasteiger partial charge in [-0.1, -0.05) is 0 Å². The van der Waals surface area contributed by atoms with Crippen molar-refractivity contribution in [2.24, 2.45) is 5.92 Å². The van der Waals surface area contributed by atoms with Crippen molar-refractivity contribution in [3.8, 4) is 0 Å². The SMILES string of the molecule is CN1CCC(CCNC(=O)NC2CCC2)CC1. The van der Waals surface area contributed by atoms with Gasteiger partial charge in [0.2, 0.25) is 0 Å². The number of urea groups is 1. The van der Waals surface area contributed by atoms with E-state index < -0.39 is 0 Å². The van der Waals surface area contributed by atoms with Gasteiger partial charge in [-0.05, 0) is 64.6 Å².